The van der Waals surface area contributed by atoms with Gasteiger partial charge in [0.25, 0.3) is 5.91 Å². The maximum Gasteiger partial charge on any atom is 0.262 e. The van der Waals surface area contributed by atoms with E-state index in [1.165, 1.54) is 11.3 Å². The summed E-state index contributed by atoms with van der Waals surface area (Å²) in [6, 6.07) is 7.75. The molecule has 0 saturated heterocycles. The van der Waals surface area contributed by atoms with E-state index in [2.05, 4.69) is 19.2 Å². The van der Waals surface area contributed by atoms with Gasteiger partial charge in [0, 0.05) is 23.2 Å². The number of carbonyl (C=O) groups is 1. The molecule has 1 aromatic heterocycles. The molecule has 0 saturated carbocycles. The van der Waals surface area contributed by atoms with Crippen LogP contribution in [0, 0.1) is 5.41 Å². The van der Waals surface area contributed by atoms with Gasteiger partial charge in [-0.25, -0.2) is 0 Å². The normalized spacial score (nSPS) is 11.8. The summed E-state index contributed by atoms with van der Waals surface area (Å²) in [7, 11) is 0. The van der Waals surface area contributed by atoms with Crippen molar-refractivity contribution in [2.75, 3.05) is 13.2 Å². The van der Waals surface area contributed by atoms with Crippen molar-refractivity contribution in [3.05, 3.63) is 34.2 Å². The molecule has 1 heterocycles. The minimum absolute atomic E-state index is 0.0401. The zero-order valence-electron chi connectivity index (χ0n) is 12.3. The Balaban J connectivity index is 2.07. The van der Waals surface area contributed by atoms with Crippen molar-refractivity contribution in [3.8, 4) is 0 Å². The molecule has 0 radical (unpaired) electrons. The average Bonchev–Trinajstić information content (AvgIpc) is 2.81. The molecule has 0 fully saturated rings. The second-order valence-corrected chi connectivity index (χ2v) is 7.35. The molecule has 114 valence electrons. The van der Waals surface area contributed by atoms with Gasteiger partial charge in [0.15, 0.2) is 0 Å². The van der Waals surface area contributed by atoms with Gasteiger partial charge in [-0.1, -0.05) is 43.6 Å². The van der Waals surface area contributed by atoms with Gasteiger partial charge in [0.05, 0.1) is 5.02 Å². The molecule has 0 aliphatic rings. The summed E-state index contributed by atoms with van der Waals surface area (Å²) in [5, 5.41) is 13.3. The predicted octanol–water partition coefficient (Wildman–Crippen LogP) is 4.08. The van der Waals surface area contributed by atoms with E-state index in [-0.39, 0.29) is 17.9 Å². The Labute approximate surface area is 133 Å². The number of aliphatic hydroxyl groups is 1. The molecule has 0 aliphatic carbocycles. The number of nitrogens with one attached hydrogen (secondary N) is 1. The van der Waals surface area contributed by atoms with Crippen LogP contribution in [0.25, 0.3) is 10.1 Å². The molecular weight excluding hydrogens is 306 g/mol. The topological polar surface area (TPSA) is 49.3 Å². The summed E-state index contributed by atoms with van der Waals surface area (Å²) < 4.78 is 1.02. The third-order valence-corrected chi connectivity index (χ3v) is 5.15. The molecule has 0 atom stereocenters. The van der Waals surface area contributed by atoms with E-state index < -0.39 is 0 Å². The number of hydrogen-bond donors (Lipinski definition) is 2. The van der Waals surface area contributed by atoms with Crippen molar-refractivity contribution in [1.82, 2.24) is 5.32 Å². The van der Waals surface area contributed by atoms with Gasteiger partial charge in [-0.15, -0.1) is 11.3 Å². The van der Waals surface area contributed by atoms with Gasteiger partial charge in [-0.05, 0) is 24.3 Å². The maximum absolute atomic E-state index is 12.3. The Morgan fingerprint density at radius 3 is 2.76 bits per heavy atom. The van der Waals surface area contributed by atoms with Crippen LogP contribution in [-0.4, -0.2) is 24.2 Å². The molecule has 1 amide bonds. The summed E-state index contributed by atoms with van der Waals surface area (Å²) in [6.45, 7) is 4.90. The number of carbonyl (C=O) groups excluding carboxylic acids is 1. The van der Waals surface area contributed by atoms with Gasteiger partial charge in [-0.3, -0.25) is 4.79 Å². The number of aliphatic hydroxyl groups excluding tert-OH is 1. The fraction of sp³-hybridized carbons (Fsp3) is 0.438. The number of benzene rings is 1. The number of halogens is 1. The minimum atomic E-state index is -0.127. The van der Waals surface area contributed by atoms with Crippen LogP contribution in [0.2, 0.25) is 5.02 Å². The summed E-state index contributed by atoms with van der Waals surface area (Å²) in [4.78, 5) is 12.9. The highest BCUT2D eigenvalue weighted by molar-refractivity contribution is 7.21. The van der Waals surface area contributed by atoms with E-state index in [4.69, 9.17) is 16.7 Å². The number of fused-ring (bicyclic) bond motifs is 1. The first-order valence-electron chi connectivity index (χ1n) is 7.01. The largest absolute Gasteiger partial charge is 0.396 e. The maximum atomic E-state index is 12.3. The Bertz CT molecular complexity index is 636. The Morgan fingerprint density at radius 2 is 2.10 bits per heavy atom. The Hall–Kier alpha value is -1.10. The molecule has 3 nitrogen and oxygen atoms in total. The van der Waals surface area contributed by atoms with E-state index >= 15 is 0 Å². The van der Waals surface area contributed by atoms with Crippen molar-refractivity contribution in [2.24, 2.45) is 5.41 Å². The molecular formula is C16H20ClNO2S. The molecule has 2 aromatic rings. The molecule has 1 aromatic carbocycles. The van der Waals surface area contributed by atoms with Crippen molar-refractivity contribution in [3.63, 3.8) is 0 Å². The third-order valence-electron chi connectivity index (χ3n) is 3.48. The van der Waals surface area contributed by atoms with Crippen LogP contribution in [0.15, 0.2) is 24.3 Å². The first kappa shape index (κ1) is 16.3. The number of amides is 1. The van der Waals surface area contributed by atoms with Crippen LogP contribution in [0.5, 0.6) is 0 Å². The molecule has 2 N–H and O–H groups in total. The molecule has 0 bridgehead atoms. The van der Waals surface area contributed by atoms with Gasteiger partial charge in [0.1, 0.15) is 4.88 Å². The van der Waals surface area contributed by atoms with Crippen LogP contribution in [-0.2, 0) is 0 Å². The highest BCUT2D eigenvalue weighted by Gasteiger charge is 2.21. The highest BCUT2D eigenvalue weighted by atomic mass is 35.5. The van der Waals surface area contributed by atoms with E-state index in [9.17, 15) is 4.79 Å². The molecule has 2 rings (SSSR count). The zero-order valence-corrected chi connectivity index (χ0v) is 13.9. The van der Waals surface area contributed by atoms with Gasteiger partial charge >= 0.3 is 0 Å². The van der Waals surface area contributed by atoms with E-state index in [0.29, 0.717) is 16.4 Å². The molecule has 21 heavy (non-hydrogen) atoms. The lowest BCUT2D eigenvalue weighted by Gasteiger charge is -2.24. The molecule has 0 spiro atoms. The van der Waals surface area contributed by atoms with Gasteiger partial charge in [-0.2, -0.15) is 0 Å². The van der Waals surface area contributed by atoms with Crippen LogP contribution >= 0.6 is 22.9 Å². The van der Waals surface area contributed by atoms with E-state index in [1.807, 2.05) is 24.3 Å². The lowest BCUT2D eigenvalue weighted by atomic mass is 9.88. The summed E-state index contributed by atoms with van der Waals surface area (Å²) in [5.74, 6) is -0.127. The van der Waals surface area contributed by atoms with Crippen molar-refractivity contribution in [1.29, 1.82) is 0 Å². The zero-order chi connectivity index (χ0) is 15.5. The van der Waals surface area contributed by atoms with Crippen molar-refractivity contribution in [2.45, 2.75) is 26.7 Å². The summed E-state index contributed by atoms with van der Waals surface area (Å²) in [6.07, 6.45) is 1.61. The fourth-order valence-electron chi connectivity index (χ4n) is 2.21. The second kappa shape index (κ2) is 6.77. The fourth-order valence-corrected chi connectivity index (χ4v) is 3.64. The summed E-state index contributed by atoms with van der Waals surface area (Å²) >= 11 is 7.72. The SMILES string of the molecule is CC(C)(CCCO)CNC(=O)c1sc2ccccc2c1Cl. The second-order valence-electron chi connectivity index (χ2n) is 5.92. The number of hydrogen-bond acceptors (Lipinski definition) is 3. The molecule has 0 unspecified atom stereocenters. The number of thiophene rings is 1. The van der Waals surface area contributed by atoms with Gasteiger partial charge < -0.3 is 10.4 Å². The minimum Gasteiger partial charge on any atom is -0.396 e. The van der Waals surface area contributed by atoms with Crippen molar-refractivity contribution < 1.29 is 9.90 Å². The predicted molar refractivity (Wildman–Crippen MR) is 89.3 cm³/mol. The lowest BCUT2D eigenvalue weighted by Crippen LogP contribution is -2.33. The highest BCUT2D eigenvalue weighted by Crippen LogP contribution is 2.35. The van der Waals surface area contributed by atoms with E-state index in [0.717, 1.165) is 22.9 Å². The Kier molecular flexibility index (Phi) is 5.25. The first-order valence-corrected chi connectivity index (χ1v) is 8.20. The lowest BCUT2D eigenvalue weighted by molar-refractivity contribution is 0.0937. The molecule has 5 heteroatoms. The average molecular weight is 326 g/mol. The van der Waals surface area contributed by atoms with Crippen molar-refractivity contribution >= 4 is 38.9 Å². The van der Waals surface area contributed by atoms with Crippen LogP contribution in [0.1, 0.15) is 36.4 Å². The van der Waals surface area contributed by atoms with E-state index in [1.54, 1.807) is 0 Å². The quantitative estimate of drug-likeness (QED) is 0.840. The van der Waals surface area contributed by atoms with Crippen LogP contribution < -0.4 is 5.32 Å². The van der Waals surface area contributed by atoms with Crippen LogP contribution in [0.3, 0.4) is 0 Å². The Morgan fingerprint density at radius 1 is 1.38 bits per heavy atom. The standard InChI is InChI=1S/C16H20ClNO2S/c1-16(2,8-5-9-19)10-18-15(20)14-13(17)11-6-3-4-7-12(11)21-14/h3-4,6-7,19H,5,8-10H2,1-2H3,(H,18,20). The third kappa shape index (κ3) is 3.96. The van der Waals surface area contributed by atoms with Crippen LogP contribution in [0.4, 0.5) is 0 Å². The first-order chi connectivity index (χ1) is 9.94. The smallest absolute Gasteiger partial charge is 0.262 e. The molecule has 0 aliphatic heterocycles. The summed E-state index contributed by atoms with van der Waals surface area (Å²) in [5.41, 5.74) is -0.0401. The monoisotopic (exact) mass is 325 g/mol. The van der Waals surface area contributed by atoms with Gasteiger partial charge in [0.2, 0.25) is 0 Å². The number of rotatable bonds is 6.